The first-order valence-electron chi connectivity index (χ1n) is 8.05. The number of carbonyl (C=O) groups is 1. The lowest BCUT2D eigenvalue weighted by atomic mass is 10.2. The quantitative estimate of drug-likeness (QED) is 0.379. The van der Waals surface area contributed by atoms with E-state index in [0.29, 0.717) is 17.3 Å². The number of amides is 1. The third-order valence-corrected chi connectivity index (χ3v) is 4.70. The van der Waals surface area contributed by atoms with Gasteiger partial charge in [-0.15, -0.1) is 22.0 Å². The average molecular weight is 384 g/mol. The van der Waals surface area contributed by atoms with Crippen LogP contribution < -0.4 is 5.32 Å². The van der Waals surface area contributed by atoms with E-state index in [-0.39, 0.29) is 16.8 Å². The van der Waals surface area contributed by atoms with Crippen LogP contribution in [0, 0.1) is 10.1 Å². The molecule has 0 radical (unpaired) electrons. The fourth-order valence-electron chi connectivity index (χ4n) is 2.32. The number of aromatic nitrogens is 2. The number of benzene rings is 2. The van der Waals surface area contributed by atoms with Gasteiger partial charge in [0.25, 0.3) is 5.69 Å². The molecule has 138 valence electrons. The number of anilines is 1. The molecule has 0 bridgehead atoms. The van der Waals surface area contributed by atoms with Crippen LogP contribution in [-0.2, 0) is 4.79 Å². The summed E-state index contributed by atoms with van der Waals surface area (Å²) in [5, 5.41) is 21.4. The van der Waals surface area contributed by atoms with Gasteiger partial charge in [-0.3, -0.25) is 14.9 Å². The summed E-state index contributed by atoms with van der Waals surface area (Å²) in [4.78, 5) is 22.3. The number of nitrogens with one attached hydrogen (secondary N) is 1. The topological polar surface area (TPSA) is 111 Å². The normalized spacial score (nSPS) is 11.8. The lowest BCUT2D eigenvalue weighted by Crippen LogP contribution is -2.05. The van der Waals surface area contributed by atoms with Gasteiger partial charge in [-0.2, -0.15) is 0 Å². The number of nitro groups is 1. The van der Waals surface area contributed by atoms with Gasteiger partial charge >= 0.3 is 0 Å². The highest BCUT2D eigenvalue weighted by atomic mass is 32.2. The van der Waals surface area contributed by atoms with Crippen LogP contribution in [0.3, 0.4) is 0 Å². The first-order chi connectivity index (χ1) is 12.9. The van der Waals surface area contributed by atoms with E-state index >= 15 is 0 Å². The van der Waals surface area contributed by atoms with E-state index in [2.05, 4.69) is 15.5 Å². The monoisotopic (exact) mass is 384 g/mol. The van der Waals surface area contributed by atoms with Crippen LogP contribution in [0.1, 0.15) is 25.0 Å². The number of non-ortho nitro benzene ring substituents is 1. The van der Waals surface area contributed by atoms with Crippen molar-refractivity contribution in [2.24, 2.45) is 0 Å². The molecular formula is C18H16N4O4S. The molecule has 27 heavy (non-hydrogen) atoms. The molecule has 1 heterocycles. The minimum Gasteiger partial charge on any atom is -0.419 e. The predicted octanol–water partition coefficient (Wildman–Crippen LogP) is 4.46. The van der Waals surface area contributed by atoms with E-state index in [1.165, 1.54) is 19.1 Å². The zero-order chi connectivity index (χ0) is 19.4. The highest BCUT2D eigenvalue weighted by Crippen LogP contribution is 2.35. The predicted molar refractivity (Wildman–Crippen MR) is 101 cm³/mol. The van der Waals surface area contributed by atoms with Crippen LogP contribution in [0.4, 0.5) is 11.4 Å². The van der Waals surface area contributed by atoms with Crippen LogP contribution in [0.25, 0.3) is 11.5 Å². The Labute approximate surface area is 159 Å². The highest BCUT2D eigenvalue weighted by Gasteiger charge is 2.17. The van der Waals surface area contributed by atoms with Crippen molar-refractivity contribution in [3.8, 4) is 11.5 Å². The van der Waals surface area contributed by atoms with Gasteiger partial charge in [-0.25, -0.2) is 0 Å². The molecule has 1 N–H and O–H groups in total. The van der Waals surface area contributed by atoms with Crippen LogP contribution in [-0.4, -0.2) is 21.0 Å². The molecule has 1 amide bonds. The summed E-state index contributed by atoms with van der Waals surface area (Å²) in [5.41, 5.74) is 1.36. The van der Waals surface area contributed by atoms with E-state index in [4.69, 9.17) is 4.42 Å². The lowest BCUT2D eigenvalue weighted by Gasteiger charge is -2.08. The van der Waals surface area contributed by atoms with Crippen LogP contribution in [0.2, 0.25) is 0 Å². The molecule has 3 aromatic rings. The van der Waals surface area contributed by atoms with Crippen molar-refractivity contribution in [1.29, 1.82) is 0 Å². The second-order valence-corrected chi connectivity index (χ2v) is 7.13. The second kappa shape index (κ2) is 8.00. The first kappa shape index (κ1) is 18.6. The molecule has 0 aliphatic carbocycles. The van der Waals surface area contributed by atoms with Gasteiger partial charge in [-0.05, 0) is 43.3 Å². The molecule has 0 saturated carbocycles. The van der Waals surface area contributed by atoms with Crippen molar-refractivity contribution in [3.05, 3.63) is 64.5 Å². The number of rotatable bonds is 6. The van der Waals surface area contributed by atoms with Crippen molar-refractivity contribution in [3.63, 3.8) is 0 Å². The van der Waals surface area contributed by atoms with Gasteiger partial charge in [0.05, 0.1) is 10.2 Å². The van der Waals surface area contributed by atoms with Crippen molar-refractivity contribution in [1.82, 2.24) is 10.2 Å². The maximum absolute atomic E-state index is 11.1. The Hall–Kier alpha value is -3.20. The van der Waals surface area contributed by atoms with Crippen LogP contribution in [0.15, 0.2) is 57.8 Å². The van der Waals surface area contributed by atoms with Crippen LogP contribution in [0.5, 0.6) is 0 Å². The van der Waals surface area contributed by atoms with Gasteiger partial charge in [0.1, 0.15) is 0 Å². The third-order valence-electron chi connectivity index (χ3n) is 3.60. The molecule has 3 rings (SSSR count). The molecule has 0 aliphatic heterocycles. The molecule has 0 saturated heterocycles. The summed E-state index contributed by atoms with van der Waals surface area (Å²) in [6.45, 7) is 3.41. The SMILES string of the molecule is CC(=O)Nc1ccc(S[C@@H](C)c2nnc(-c3ccc([N+](=O)[O-])cc3)o2)cc1. The van der Waals surface area contributed by atoms with E-state index in [9.17, 15) is 14.9 Å². The summed E-state index contributed by atoms with van der Waals surface area (Å²) in [6.07, 6.45) is 0. The second-order valence-electron chi connectivity index (χ2n) is 5.72. The Morgan fingerprint density at radius 1 is 1.15 bits per heavy atom. The number of nitro benzene ring substituents is 1. The highest BCUT2D eigenvalue weighted by molar-refractivity contribution is 7.99. The smallest absolute Gasteiger partial charge is 0.269 e. The van der Waals surface area contributed by atoms with Crippen molar-refractivity contribution in [2.75, 3.05) is 5.32 Å². The van der Waals surface area contributed by atoms with Crippen molar-refractivity contribution < 1.29 is 14.1 Å². The molecule has 8 nitrogen and oxygen atoms in total. The Bertz CT molecular complexity index is 954. The maximum Gasteiger partial charge on any atom is 0.269 e. The lowest BCUT2D eigenvalue weighted by molar-refractivity contribution is -0.384. The zero-order valence-corrected chi connectivity index (χ0v) is 15.4. The molecule has 0 spiro atoms. The van der Waals surface area contributed by atoms with E-state index < -0.39 is 4.92 Å². The number of carbonyl (C=O) groups excluding carboxylic acids is 1. The van der Waals surface area contributed by atoms with Gasteiger partial charge in [0.15, 0.2) is 0 Å². The largest absolute Gasteiger partial charge is 0.419 e. The fraction of sp³-hybridized carbons (Fsp3) is 0.167. The molecule has 0 aliphatic rings. The summed E-state index contributed by atoms with van der Waals surface area (Å²) >= 11 is 1.54. The molecule has 9 heteroatoms. The Morgan fingerprint density at radius 2 is 1.81 bits per heavy atom. The fourth-order valence-corrected chi connectivity index (χ4v) is 3.21. The number of thioether (sulfide) groups is 1. The van der Waals surface area contributed by atoms with Gasteiger partial charge in [0.2, 0.25) is 17.7 Å². The van der Waals surface area contributed by atoms with Gasteiger partial charge in [-0.1, -0.05) is 0 Å². The standard InChI is InChI=1S/C18H16N4O4S/c1-11(27-16-9-5-14(6-10-16)19-12(2)23)17-20-21-18(26-17)13-3-7-15(8-4-13)22(24)25/h3-11H,1-2H3,(H,19,23)/t11-/m0/s1. The minimum atomic E-state index is -0.459. The summed E-state index contributed by atoms with van der Waals surface area (Å²) in [7, 11) is 0. The average Bonchev–Trinajstić information content (AvgIpc) is 3.13. The van der Waals surface area contributed by atoms with Gasteiger partial charge in [0, 0.05) is 35.2 Å². The third kappa shape index (κ3) is 4.70. The minimum absolute atomic E-state index is 0.00474. The van der Waals surface area contributed by atoms with Gasteiger partial charge < -0.3 is 9.73 Å². The van der Waals surface area contributed by atoms with E-state index in [1.807, 2.05) is 31.2 Å². The molecule has 0 unspecified atom stereocenters. The zero-order valence-electron chi connectivity index (χ0n) is 14.6. The number of hydrogen-bond donors (Lipinski definition) is 1. The van der Waals surface area contributed by atoms with E-state index in [1.54, 1.807) is 23.9 Å². The Kier molecular flexibility index (Phi) is 5.51. The molecular weight excluding hydrogens is 368 g/mol. The van der Waals surface area contributed by atoms with E-state index in [0.717, 1.165) is 10.6 Å². The summed E-state index contributed by atoms with van der Waals surface area (Å²) in [6, 6.07) is 13.4. The number of hydrogen-bond acceptors (Lipinski definition) is 7. The van der Waals surface area contributed by atoms with Crippen LogP contribution >= 0.6 is 11.8 Å². The molecule has 1 atom stereocenters. The summed E-state index contributed by atoms with van der Waals surface area (Å²) < 4.78 is 5.71. The molecule has 0 fully saturated rings. The maximum atomic E-state index is 11.1. The first-order valence-corrected chi connectivity index (χ1v) is 8.93. The summed E-state index contributed by atoms with van der Waals surface area (Å²) in [5.74, 6) is 0.654. The van der Waals surface area contributed by atoms with Crippen molar-refractivity contribution in [2.45, 2.75) is 24.0 Å². The molecule has 2 aromatic carbocycles. The van der Waals surface area contributed by atoms with Crippen molar-refractivity contribution >= 4 is 29.0 Å². The number of nitrogens with zero attached hydrogens (tertiary/aromatic N) is 3. The molecule has 1 aromatic heterocycles. The Balaban J connectivity index is 1.68. The Morgan fingerprint density at radius 3 is 2.41 bits per heavy atom.